The van der Waals surface area contributed by atoms with Crippen molar-refractivity contribution >= 4 is 41.3 Å². The number of nitrogens with zero attached hydrogens (tertiary/aromatic N) is 2. The molecule has 3 nitrogen and oxygen atoms in total. The van der Waals surface area contributed by atoms with Crippen molar-refractivity contribution in [3.63, 3.8) is 0 Å². The maximum absolute atomic E-state index is 4.81. The quantitative estimate of drug-likeness (QED) is 0.468. The summed E-state index contributed by atoms with van der Waals surface area (Å²) in [7, 11) is 0. The standard InChI is InChI=1S/C15H25N3S.HI/c1-4-16-15(18-8-5-12(2)6-9-18)17-11-14-13(3)7-10-19-14;/h7,10,12H,4-6,8-9,11H2,1-3H3,(H,16,17);1H. The lowest BCUT2D eigenvalue weighted by Gasteiger charge is -2.33. The number of hydrogen-bond donors (Lipinski definition) is 1. The molecule has 1 saturated heterocycles. The van der Waals surface area contributed by atoms with Gasteiger partial charge in [0.2, 0.25) is 0 Å². The number of thiophene rings is 1. The first-order valence-electron chi connectivity index (χ1n) is 7.27. The maximum atomic E-state index is 4.81. The Bertz CT molecular complexity index is 423. The molecule has 2 rings (SSSR count). The van der Waals surface area contributed by atoms with Crippen LogP contribution in [0.3, 0.4) is 0 Å². The predicted molar refractivity (Wildman–Crippen MR) is 99.3 cm³/mol. The highest BCUT2D eigenvalue weighted by Gasteiger charge is 2.18. The third-order valence-electron chi connectivity index (χ3n) is 3.76. The van der Waals surface area contributed by atoms with Gasteiger partial charge in [0.05, 0.1) is 6.54 Å². The van der Waals surface area contributed by atoms with Gasteiger partial charge in [0.15, 0.2) is 5.96 Å². The van der Waals surface area contributed by atoms with Gasteiger partial charge in [-0.3, -0.25) is 0 Å². The Morgan fingerprint density at radius 1 is 1.45 bits per heavy atom. The summed E-state index contributed by atoms with van der Waals surface area (Å²) in [5, 5.41) is 5.58. The number of aryl methyl sites for hydroxylation is 1. The van der Waals surface area contributed by atoms with Crippen LogP contribution in [0.4, 0.5) is 0 Å². The molecule has 0 saturated carbocycles. The van der Waals surface area contributed by atoms with E-state index >= 15 is 0 Å². The summed E-state index contributed by atoms with van der Waals surface area (Å²) in [5.74, 6) is 1.95. The zero-order chi connectivity index (χ0) is 13.7. The predicted octanol–water partition coefficient (Wildman–Crippen LogP) is 3.87. The highest BCUT2D eigenvalue weighted by molar-refractivity contribution is 14.0. The molecule has 1 aliphatic rings. The van der Waals surface area contributed by atoms with Gasteiger partial charge in [0, 0.05) is 24.5 Å². The van der Waals surface area contributed by atoms with Crippen LogP contribution in [0.1, 0.15) is 37.1 Å². The van der Waals surface area contributed by atoms with Crippen molar-refractivity contribution in [2.75, 3.05) is 19.6 Å². The molecule has 0 atom stereocenters. The normalized spacial score (nSPS) is 16.9. The number of piperidine rings is 1. The summed E-state index contributed by atoms with van der Waals surface area (Å²) in [5.41, 5.74) is 1.36. The summed E-state index contributed by atoms with van der Waals surface area (Å²) < 4.78 is 0. The number of halogens is 1. The van der Waals surface area contributed by atoms with Crippen LogP contribution in [0, 0.1) is 12.8 Å². The van der Waals surface area contributed by atoms with E-state index in [1.165, 1.54) is 23.3 Å². The topological polar surface area (TPSA) is 27.6 Å². The Kier molecular flexibility index (Phi) is 7.87. The van der Waals surface area contributed by atoms with Crippen molar-refractivity contribution in [3.8, 4) is 0 Å². The lowest BCUT2D eigenvalue weighted by molar-refractivity contribution is 0.273. The number of aliphatic imine (C=N–C) groups is 1. The fourth-order valence-corrected chi connectivity index (χ4v) is 3.19. The Balaban J connectivity index is 0.00000200. The third-order valence-corrected chi connectivity index (χ3v) is 4.77. The number of likely N-dealkylation sites (tertiary alicyclic amines) is 1. The van der Waals surface area contributed by atoms with Gasteiger partial charge >= 0.3 is 0 Å². The highest BCUT2D eigenvalue weighted by Crippen LogP contribution is 2.18. The molecule has 20 heavy (non-hydrogen) atoms. The van der Waals surface area contributed by atoms with Crippen LogP contribution in [0.5, 0.6) is 0 Å². The summed E-state index contributed by atoms with van der Waals surface area (Å²) in [4.78, 5) is 8.59. The van der Waals surface area contributed by atoms with Crippen molar-refractivity contribution in [2.24, 2.45) is 10.9 Å². The van der Waals surface area contributed by atoms with Gasteiger partial charge in [-0.25, -0.2) is 4.99 Å². The summed E-state index contributed by atoms with van der Waals surface area (Å²) in [6.45, 7) is 10.7. The molecule has 1 aromatic rings. The summed E-state index contributed by atoms with van der Waals surface area (Å²) in [6, 6.07) is 2.17. The van der Waals surface area contributed by atoms with Gasteiger partial charge in [-0.2, -0.15) is 0 Å². The van der Waals surface area contributed by atoms with E-state index in [0.717, 1.165) is 38.1 Å². The minimum absolute atomic E-state index is 0. The van der Waals surface area contributed by atoms with Gasteiger partial charge in [0.1, 0.15) is 0 Å². The van der Waals surface area contributed by atoms with Gasteiger partial charge < -0.3 is 10.2 Å². The van der Waals surface area contributed by atoms with E-state index in [0.29, 0.717) is 0 Å². The number of nitrogens with one attached hydrogen (secondary N) is 1. The largest absolute Gasteiger partial charge is 0.357 e. The number of rotatable bonds is 3. The van der Waals surface area contributed by atoms with Gasteiger partial charge in [-0.1, -0.05) is 6.92 Å². The van der Waals surface area contributed by atoms with Crippen LogP contribution < -0.4 is 5.32 Å². The molecule has 5 heteroatoms. The Labute approximate surface area is 143 Å². The fourth-order valence-electron chi connectivity index (χ4n) is 2.36. The van der Waals surface area contributed by atoms with Crippen LogP contribution in [0.2, 0.25) is 0 Å². The molecule has 0 radical (unpaired) electrons. The van der Waals surface area contributed by atoms with Crippen LogP contribution in [0.15, 0.2) is 16.4 Å². The van der Waals surface area contributed by atoms with Crippen molar-refractivity contribution in [2.45, 2.75) is 40.2 Å². The molecule has 0 amide bonds. The Morgan fingerprint density at radius 2 is 2.15 bits per heavy atom. The number of hydrogen-bond acceptors (Lipinski definition) is 2. The first kappa shape index (κ1) is 17.8. The third kappa shape index (κ3) is 4.91. The average Bonchev–Trinajstić information content (AvgIpc) is 2.81. The van der Waals surface area contributed by atoms with Gasteiger partial charge in [-0.05, 0) is 49.6 Å². The van der Waals surface area contributed by atoms with Crippen molar-refractivity contribution in [1.82, 2.24) is 10.2 Å². The molecular weight excluding hydrogens is 381 g/mol. The van der Waals surface area contributed by atoms with Crippen LogP contribution >= 0.6 is 35.3 Å². The highest BCUT2D eigenvalue weighted by atomic mass is 127. The maximum Gasteiger partial charge on any atom is 0.194 e. The Morgan fingerprint density at radius 3 is 2.70 bits per heavy atom. The summed E-state index contributed by atoms with van der Waals surface area (Å²) in [6.07, 6.45) is 2.56. The molecule has 0 aromatic carbocycles. The smallest absolute Gasteiger partial charge is 0.194 e. The van der Waals surface area contributed by atoms with E-state index in [1.54, 1.807) is 11.3 Å². The van der Waals surface area contributed by atoms with E-state index in [9.17, 15) is 0 Å². The SMILES string of the molecule is CCNC(=NCc1sccc1C)N1CCC(C)CC1.I. The van der Waals surface area contributed by atoms with Crippen molar-refractivity contribution < 1.29 is 0 Å². The second-order valence-corrected chi connectivity index (χ2v) is 6.37. The molecule has 0 aliphatic carbocycles. The number of guanidine groups is 1. The van der Waals surface area contributed by atoms with Gasteiger partial charge in [0.25, 0.3) is 0 Å². The second kappa shape index (κ2) is 8.87. The van der Waals surface area contributed by atoms with Crippen LogP contribution in [0.25, 0.3) is 0 Å². The lowest BCUT2D eigenvalue weighted by atomic mass is 10.00. The van der Waals surface area contributed by atoms with E-state index in [-0.39, 0.29) is 24.0 Å². The van der Waals surface area contributed by atoms with Gasteiger partial charge in [-0.15, -0.1) is 35.3 Å². The molecular formula is C15H26IN3S. The monoisotopic (exact) mass is 407 g/mol. The molecule has 1 N–H and O–H groups in total. The van der Waals surface area contributed by atoms with E-state index < -0.39 is 0 Å². The Hall–Kier alpha value is -0.300. The first-order chi connectivity index (χ1) is 9.20. The van der Waals surface area contributed by atoms with E-state index in [1.807, 2.05) is 0 Å². The van der Waals surface area contributed by atoms with Crippen LogP contribution in [-0.2, 0) is 6.54 Å². The summed E-state index contributed by atoms with van der Waals surface area (Å²) >= 11 is 1.80. The van der Waals surface area contributed by atoms with Crippen LogP contribution in [-0.4, -0.2) is 30.5 Å². The van der Waals surface area contributed by atoms with E-state index in [2.05, 4.69) is 42.4 Å². The van der Waals surface area contributed by atoms with Crippen molar-refractivity contribution in [3.05, 3.63) is 21.9 Å². The molecule has 1 aliphatic heterocycles. The lowest BCUT2D eigenvalue weighted by Crippen LogP contribution is -2.45. The minimum Gasteiger partial charge on any atom is -0.357 e. The minimum atomic E-state index is 0. The fraction of sp³-hybridized carbons (Fsp3) is 0.667. The average molecular weight is 407 g/mol. The molecule has 0 bridgehead atoms. The molecule has 114 valence electrons. The molecule has 0 spiro atoms. The molecule has 1 fully saturated rings. The zero-order valence-electron chi connectivity index (χ0n) is 12.7. The molecule has 2 heterocycles. The molecule has 1 aromatic heterocycles. The zero-order valence-corrected chi connectivity index (χ0v) is 15.8. The molecule has 0 unspecified atom stereocenters. The van der Waals surface area contributed by atoms with E-state index in [4.69, 9.17) is 4.99 Å². The van der Waals surface area contributed by atoms with Crippen molar-refractivity contribution in [1.29, 1.82) is 0 Å². The first-order valence-corrected chi connectivity index (χ1v) is 8.15. The second-order valence-electron chi connectivity index (χ2n) is 5.37.